The van der Waals surface area contributed by atoms with Crippen molar-refractivity contribution in [1.82, 2.24) is 9.97 Å². The molecule has 1 rings (SSSR count). The van der Waals surface area contributed by atoms with E-state index in [1.807, 2.05) is 19.1 Å². The molecule has 3 heteroatoms. The number of aryl methyl sites for hydroxylation is 1. The molecule has 0 saturated heterocycles. The summed E-state index contributed by atoms with van der Waals surface area (Å²) in [5.74, 6) is 0. The molecule has 70 valence electrons. The first-order valence-electron chi connectivity index (χ1n) is 4.42. The molecule has 0 saturated carbocycles. The van der Waals surface area contributed by atoms with Gasteiger partial charge < -0.3 is 0 Å². The highest BCUT2D eigenvalue weighted by Crippen LogP contribution is 2.11. The first-order valence-corrected chi connectivity index (χ1v) is 4.79. The summed E-state index contributed by atoms with van der Waals surface area (Å²) < 4.78 is 0. The summed E-state index contributed by atoms with van der Waals surface area (Å²) in [6.07, 6.45) is 7.47. The Hall–Kier alpha value is -0.890. The van der Waals surface area contributed by atoms with E-state index in [-0.39, 0.29) is 0 Å². The van der Waals surface area contributed by atoms with Gasteiger partial charge in [0, 0.05) is 0 Å². The monoisotopic (exact) mass is 196 g/mol. The SMILES string of the molecule is C/C=C\c1ncc(Cl)nc1CCC. The summed E-state index contributed by atoms with van der Waals surface area (Å²) in [5, 5.41) is 0.469. The van der Waals surface area contributed by atoms with Crippen LogP contribution in [-0.4, -0.2) is 9.97 Å². The van der Waals surface area contributed by atoms with Gasteiger partial charge in [0.15, 0.2) is 0 Å². The number of allylic oxidation sites excluding steroid dienone is 1. The number of halogens is 1. The maximum absolute atomic E-state index is 5.76. The van der Waals surface area contributed by atoms with Gasteiger partial charge in [-0.3, -0.25) is 4.98 Å². The van der Waals surface area contributed by atoms with Crippen LogP contribution in [0.2, 0.25) is 5.15 Å². The van der Waals surface area contributed by atoms with Gasteiger partial charge in [-0.15, -0.1) is 0 Å². The Morgan fingerprint density at radius 3 is 2.92 bits per heavy atom. The van der Waals surface area contributed by atoms with Gasteiger partial charge >= 0.3 is 0 Å². The zero-order valence-electron chi connectivity index (χ0n) is 7.92. The van der Waals surface area contributed by atoms with Gasteiger partial charge in [0.05, 0.1) is 17.6 Å². The standard InChI is InChI=1S/C10H13ClN2/c1-3-5-8-9(6-4-2)13-10(11)7-12-8/h3,5,7H,4,6H2,1-2H3/b5-3-. The van der Waals surface area contributed by atoms with Crippen molar-refractivity contribution in [2.45, 2.75) is 26.7 Å². The summed E-state index contributed by atoms with van der Waals surface area (Å²) >= 11 is 5.76. The van der Waals surface area contributed by atoms with Crippen LogP contribution in [-0.2, 0) is 6.42 Å². The summed E-state index contributed by atoms with van der Waals surface area (Å²) in [4.78, 5) is 8.44. The van der Waals surface area contributed by atoms with E-state index in [9.17, 15) is 0 Å². The van der Waals surface area contributed by atoms with Gasteiger partial charge in [0.1, 0.15) is 5.15 Å². The van der Waals surface area contributed by atoms with Crippen LogP contribution < -0.4 is 0 Å². The Balaban J connectivity index is 3.02. The second kappa shape index (κ2) is 4.97. The molecule has 0 spiro atoms. The fourth-order valence-corrected chi connectivity index (χ4v) is 1.28. The van der Waals surface area contributed by atoms with E-state index in [1.54, 1.807) is 6.20 Å². The molecule has 1 aromatic heterocycles. The lowest BCUT2D eigenvalue weighted by Crippen LogP contribution is -1.96. The van der Waals surface area contributed by atoms with Gasteiger partial charge in [-0.05, 0) is 19.4 Å². The van der Waals surface area contributed by atoms with Crippen LogP contribution in [0.4, 0.5) is 0 Å². The number of hydrogen-bond donors (Lipinski definition) is 0. The lowest BCUT2D eigenvalue weighted by atomic mass is 10.2. The molecule has 0 aromatic carbocycles. The maximum atomic E-state index is 5.76. The first-order chi connectivity index (χ1) is 6.27. The number of aromatic nitrogens is 2. The second-order valence-corrected chi connectivity index (χ2v) is 3.16. The van der Waals surface area contributed by atoms with Crippen molar-refractivity contribution in [3.8, 4) is 0 Å². The lowest BCUT2D eigenvalue weighted by Gasteiger charge is -2.02. The molecule has 1 aromatic rings. The van der Waals surface area contributed by atoms with Crippen molar-refractivity contribution >= 4 is 17.7 Å². The highest BCUT2D eigenvalue weighted by molar-refractivity contribution is 6.29. The summed E-state index contributed by atoms with van der Waals surface area (Å²) in [7, 11) is 0. The number of nitrogens with zero attached hydrogens (tertiary/aromatic N) is 2. The van der Waals surface area contributed by atoms with Crippen LogP contribution >= 0.6 is 11.6 Å². The molecule has 0 fully saturated rings. The van der Waals surface area contributed by atoms with E-state index in [0.29, 0.717) is 5.15 Å². The number of hydrogen-bond acceptors (Lipinski definition) is 2. The van der Waals surface area contributed by atoms with E-state index in [0.717, 1.165) is 24.2 Å². The molecule has 0 atom stereocenters. The van der Waals surface area contributed by atoms with Crippen molar-refractivity contribution in [3.63, 3.8) is 0 Å². The van der Waals surface area contributed by atoms with Crippen molar-refractivity contribution in [2.24, 2.45) is 0 Å². The minimum Gasteiger partial charge on any atom is -0.252 e. The van der Waals surface area contributed by atoms with Crippen LogP contribution in [0, 0.1) is 0 Å². The molecular formula is C10H13ClN2. The quantitative estimate of drug-likeness (QED) is 0.743. The van der Waals surface area contributed by atoms with Crippen LogP contribution in [0.3, 0.4) is 0 Å². The molecule has 0 amide bonds. The molecule has 1 heterocycles. The summed E-state index contributed by atoms with van der Waals surface area (Å²) in [5.41, 5.74) is 1.90. The molecule has 0 bridgehead atoms. The van der Waals surface area contributed by atoms with E-state index >= 15 is 0 Å². The fourth-order valence-electron chi connectivity index (χ4n) is 1.13. The van der Waals surface area contributed by atoms with Crippen LogP contribution in [0.25, 0.3) is 6.08 Å². The minimum absolute atomic E-state index is 0.469. The normalized spacial score (nSPS) is 11.0. The van der Waals surface area contributed by atoms with Gasteiger partial charge in [-0.2, -0.15) is 0 Å². The largest absolute Gasteiger partial charge is 0.252 e. The highest BCUT2D eigenvalue weighted by atomic mass is 35.5. The van der Waals surface area contributed by atoms with E-state index in [2.05, 4.69) is 16.9 Å². The summed E-state index contributed by atoms with van der Waals surface area (Å²) in [6.45, 7) is 4.08. The third-order valence-electron chi connectivity index (χ3n) is 1.66. The molecule has 13 heavy (non-hydrogen) atoms. The molecule has 0 N–H and O–H groups in total. The predicted molar refractivity (Wildman–Crippen MR) is 55.7 cm³/mol. The number of rotatable bonds is 3. The zero-order chi connectivity index (χ0) is 9.68. The molecule has 0 aliphatic heterocycles. The molecule has 0 aliphatic carbocycles. The van der Waals surface area contributed by atoms with Crippen LogP contribution in [0.5, 0.6) is 0 Å². The van der Waals surface area contributed by atoms with Crippen molar-refractivity contribution in [2.75, 3.05) is 0 Å². The van der Waals surface area contributed by atoms with E-state index in [4.69, 9.17) is 11.6 Å². The molecule has 2 nitrogen and oxygen atoms in total. The minimum atomic E-state index is 0.469. The third-order valence-corrected chi connectivity index (χ3v) is 1.84. The first kappa shape index (κ1) is 10.2. The summed E-state index contributed by atoms with van der Waals surface area (Å²) in [6, 6.07) is 0. The third kappa shape index (κ3) is 2.81. The van der Waals surface area contributed by atoms with Crippen molar-refractivity contribution < 1.29 is 0 Å². The molecular weight excluding hydrogens is 184 g/mol. The zero-order valence-corrected chi connectivity index (χ0v) is 8.67. The van der Waals surface area contributed by atoms with Crippen LogP contribution in [0.1, 0.15) is 31.7 Å². The smallest absolute Gasteiger partial charge is 0.147 e. The Kier molecular flexibility index (Phi) is 3.90. The predicted octanol–water partition coefficient (Wildman–Crippen LogP) is 3.12. The van der Waals surface area contributed by atoms with Crippen LogP contribution in [0.15, 0.2) is 12.3 Å². The van der Waals surface area contributed by atoms with Gasteiger partial charge in [-0.1, -0.05) is 31.0 Å². The Bertz CT molecular complexity index is 308. The maximum Gasteiger partial charge on any atom is 0.147 e. The van der Waals surface area contributed by atoms with Crippen molar-refractivity contribution in [1.29, 1.82) is 0 Å². The van der Waals surface area contributed by atoms with Gasteiger partial charge in [-0.25, -0.2) is 4.98 Å². The molecule has 0 unspecified atom stereocenters. The Morgan fingerprint density at radius 2 is 2.31 bits per heavy atom. The van der Waals surface area contributed by atoms with Gasteiger partial charge in [0.2, 0.25) is 0 Å². The highest BCUT2D eigenvalue weighted by Gasteiger charge is 2.02. The van der Waals surface area contributed by atoms with E-state index in [1.165, 1.54) is 0 Å². The van der Waals surface area contributed by atoms with E-state index < -0.39 is 0 Å². The molecule has 0 radical (unpaired) electrons. The average molecular weight is 197 g/mol. The Labute approximate surface area is 83.7 Å². The Morgan fingerprint density at radius 1 is 1.54 bits per heavy atom. The second-order valence-electron chi connectivity index (χ2n) is 2.77. The topological polar surface area (TPSA) is 25.8 Å². The fraction of sp³-hybridized carbons (Fsp3) is 0.400. The van der Waals surface area contributed by atoms with Gasteiger partial charge in [0.25, 0.3) is 0 Å². The lowest BCUT2D eigenvalue weighted by molar-refractivity contribution is 0.866. The van der Waals surface area contributed by atoms with Crippen molar-refractivity contribution in [3.05, 3.63) is 28.8 Å². The molecule has 0 aliphatic rings. The average Bonchev–Trinajstić information content (AvgIpc) is 2.10.